The van der Waals surface area contributed by atoms with E-state index >= 15 is 0 Å². The second-order valence-corrected chi connectivity index (χ2v) is 13.7. The van der Waals surface area contributed by atoms with Crippen LogP contribution in [0.15, 0.2) is 49.1 Å². The molecule has 0 saturated heterocycles. The second-order valence-electron chi connectivity index (χ2n) is 9.92. The fraction of sp³-hybridized carbons (Fsp3) is 0.429. The van der Waals surface area contributed by atoms with Crippen LogP contribution >= 0.6 is 23.2 Å². The summed E-state index contributed by atoms with van der Waals surface area (Å²) in [5, 5.41) is 10.2. The van der Waals surface area contributed by atoms with Gasteiger partial charge in [0, 0.05) is 33.9 Å². The maximum Gasteiger partial charge on any atom is 0.261 e. The number of unbranched alkanes of at least 4 members (excludes halogenated alkanes) is 7. The minimum atomic E-state index is -3.67. The third-order valence-corrected chi connectivity index (χ3v) is 6.35. The van der Waals surface area contributed by atoms with Crippen LogP contribution in [0, 0.1) is 0 Å². The Hall–Kier alpha value is -2.88. The Morgan fingerprint density at radius 2 is 0.909 bits per heavy atom. The molecule has 0 saturated carbocycles. The van der Waals surface area contributed by atoms with Crippen LogP contribution in [-0.4, -0.2) is 71.5 Å². The Morgan fingerprint density at radius 3 is 1.25 bits per heavy atom. The van der Waals surface area contributed by atoms with E-state index < -0.39 is 20.2 Å². The van der Waals surface area contributed by atoms with E-state index in [4.69, 9.17) is 32.3 Å². The van der Waals surface area contributed by atoms with Crippen LogP contribution < -0.4 is 10.6 Å². The zero-order valence-corrected chi connectivity index (χ0v) is 27.7. The summed E-state index contributed by atoms with van der Waals surface area (Å²) >= 11 is 12.2. The van der Waals surface area contributed by atoms with Crippen molar-refractivity contribution in [2.75, 3.05) is 36.2 Å². The Bertz CT molecular complexity index is 1550. The molecule has 0 aliphatic heterocycles. The van der Waals surface area contributed by atoms with Crippen molar-refractivity contribution in [1.82, 2.24) is 19.9 Å². The normalized spacial score (nSPS) is 11.3. The maximum atomic E-state index is 9.19. The van der Waals surface area contributed by atoms with Gasteiger partial charge in [-0.05, 0) is 49.2 Å². The van der Waals surface area contributed by atoms with Gasteiger partial charge in [-0.15, -0.1) is 0 Å². The first-order valence-electron chi connectivity index (χ1n) is 13.8. The molecule has 4 rings (SSSR count). The van der Waals surface area contributed by atoms with E-state index in [1.54, 1.807) is 12.7 Å². The molecule has 2 heterocycles. The number of hydrogen-bond acceptors (Lipinski definition) is 10. The quantitative estimate of drug-likeness (QED) is 0.0880. The van der Waals surface area contributed by atoms with Gasteiger partial charge >= 0.3 is 0 Å². The molecular weight excluding hydrogens is 651 g/mol. The molecule has 0 aliphatic carbocycles. The van der Waals surface area contributed by atoms with Crippen LogP contribution in [-0.2, 0) is 20.2 Å². The molecule has 12 nitrogen and oxygen atoms in total. The van der Waals surface area contributed by atoms with Gasteiger partial charge in [0.1, 0.15) is 24.3 Å². The van der Waals surface area contributed by atoms with Gasteiger partial charge in [0.05, 0.1) is 23.5 Å². The lowest BCUT2D eigenvalue weighted by Crippen LogP contribution is -2.04. The molecule has 2 aromatic carbocycles. The van der Waals surface area contributed by atoms with Crippen LogP contribution in [0.25, 0.3) is 21.8 Å². The highest BCUT2D eigenvalue weighted by Gasteiger charge is 2.05. The largest absolute Gasteiger partial charge is 0.369 e. The molecule has 4 aromatic rings. The molecule has 0 unspecified atom stereocenters. The van der Waals surface area contributed by atoms with Gasteiger partial charge in [0.25, 0.3) is 20.2 Å². The first-order chi connectivity index (χ1) is 20.7. The summed E-state index contributed by atoms with van der Waals surface area (Å²) in [6, 6.07) is 11.4. The second kappa shape index (κ2) is 18.8. The molecule has 4 N–H and O–H groups in total. The van der Waals surface area contributed by atoms with E-state index in [0.717, 1.165) is 59.4 Å². The van der Waals surface area contributed by atoms with Crippen molar-refractivity contribution in [3.8, 4) is 0 Å². The van der Waals surface area contributed by atoms with Crippen LogP contribution in [0.1, 0.15) is 51.4 Å². The molecule has 0 radical (unpaired) electrons. The highest BCUT2D eigenvalue weighted by molar-refractivity contribution is 7.85. The number of rotatable bonds is 13. The Kier molecular flexibility index (Phi) is 16.0. The molecule has 44 heavy (non-hydrogen) atoms. The lowest BCUT2D eigenvalue weighted by Gasteiger charge is -2.09. The van der Waals surface area contributed by atoms with Crippen molar-refractivity contribution >= 4 is 76.9 Å². The van der Waals surface area contributed by atoms with Gasteiger partial charge in [0.2, 0.25) is 0 Å². The van der Waals surface area contributed by atoms with Crippen LogP contribution in [0.3, 0.4) is 0 Å². The molecule has 0 bridgehead atoms. The minimum absolute atomic E-state index is 0.702. The fourth-order valence-electron chi connectivity index (χ4n) is 4.06. The summed E-state index contributed by atoms with van der Waals surface area (Å²) in [6.45, 7) is 1.82. The number of nitrogens with one attached hydrogen (secondary N) is 2. The summed E-state index contributed by atoms with van der Waals surface area (Å²) in [6.07, 6.45) is 14.4. The molecular formula is C28H38Cl2N6O6S2. The van der Waals surface area contributed by atoms with Crippen LogP contribution in [0.4, 0.5) is 11.6 Å². The van der Waals surface area contributed by atoms with Gasteiger partial charge in [0.15, 0.2) is 0 Å². The molecule has 242 valence electrons. The average molecular weight is 690 g/mol. The van der Waals surface area contributed by atoms with Crippen molar-refractivity contribution in [1.29, 1.82) is 0 Å². The summed E-state index contributed by atoms with van der Waals surface area (Å²) in [4.78, 5) is 17.3. The summed E-state index contributed by atoms with van der Waals surface area (Å²) in [5.41, 5.74) is 1.82. The molecule has 16 heteroatoms. The molecule has 0 spiro atoms. The number of aromatic nitrogens is 4. The van der Waals surface area contributed by atoms with E-state index in [9.17, 15) is 16.8 Å². The third kappa shape index (κ3) is 16.8. The number of fused-ring (bicyclic) bond motifs is 2. The first-order valence-corrected chi connectivity index (χ1v) is 18.3. The Balaban J connectivity index is 0.000000586. The maximum absolute atomic E-state index is 9.19. The SMILES string of the molecule is CS(=O)(=O)O.CS(=O)(=O)O.Clc1ccc2ncnc(NCCCCCCCCCCNc3ncnc4ccc(Cl)cc34)c2c1. The number of halogens is 2. The van der Waals surface area contributed by atoms with Crippen LogP contribution in [0.5, 0.6) is 0 Å². The zero-order valence-electron chi connectivity index (χ0n) is 24.6. The average Bonchev–Trinajstić information content (AvgIpc) is 2.92. The van der Waals surface area contributed by atoms with E-state index in [1.165, 1.54) is 38.5 Å². The molecule has 0 atom stereocenters. The third-order valence-electron chi connectivity index (χ3n) is 5.88. The topological polar surface area (TPSA) is 184 Å². The summed E-state index contributed by atoms with van der Waals surface area (Å²) < 4.78 is 51.7. The number of hydrogen-bond donors (Lipinski definition) is 4. The smallest absolute Gasteiger partial charge is 0.261 e. The highest BCUT2D eigenvalue weighted by Crippen LogP contribution is 2.24. The van der Waals surface area contributed by atoms with Gasteiger partial charge in [-0.3, -0.25) is 9.11 Å². The number of benzene rings is 2. The van der Waals surface area contributed by atoms with Gasteiger partial charge in [-0.25, -0.2) is 19.9 Å². The summed E-state index contributed by atoms with van der Waals surface area (Å²) in [7, 11) is -7.33. The lowest BCUT2D eigenvalue weighted by atomic mass is 10.1. The molecule has 0 fully saturated rings. The monoisotopic (exact) mass is 688 g/mol. The highest BCUT2D eigenvalue weighted by atomic mass is 35.5. The molecule has 2 aromatic heterocycles. The zero-order chi connectivity index (χ0) is 32.6. The van der Waals surface area contributed by atoms with E-state index in [1.807, 2.05) is 36.4 Å². The predicted molar refractivity (Wildman–Crippen MR) is 178 cm³/mol. The van der Waals surface area contributed by atoms with Crippen molar-refractivity contribution in [2.24, 2.45) is 0 Å². The molecule has 0 aliphatic rings. The Morgan fingerprint density at radius 1 is 0.591 bits per heavy atom. The lowest BCUT2D eigenvalue weighted by molar-refractivity contribution is 0.488. The van der Waals surface area contributed by atoms with Crippen molar-refractivity contribution in [3.63, 3.8) is 0 Å². The van der Waals surface area contributed by atoms with Crippen LogP contribution in [0.2, 0.25) is 10.0 Å². The van der Waals surface area contributed by atoms with Crippen molar-refractivity contribution in [3.05, 3.63) is 59.1 Å². The van der Waals surface area contributed by atoms with E-state index in [2.05, 4.69) is 30.6 Å². The summed E-state index contributed by atoms with van der Waals surface area (Å²) in [5.74, 6) is 1.72. The van der Waals surface area contributed by atoms with Crippen molar-refractivity contribution < 1.29 is 25.9 Å². The minimum Gasteiger partial charge on any atom is -0.369 e. The number of anilines is 2. The Labute approximate surface area is 268 Å². The number of nitrogens with zero attached hydrogens (tertiary/aromatic N) is 4. The van der Waals surface area contributed by atoms with Crippen molar-refractivity contribution in [2.45, 2.75) is 51.4 Å². The van der Waals surface area contributed by atoms with Gasteiger partial charge in [-0.2, -0.15) is 16.8 Å². The van der Waals surface area contributed by atoms with E-state index in [0.29, 0.717) is 22.6 Å². The first kappa shape index (κ1) is 37.3. The van der Waals surface area contributed by atoms with E-state index in [-0.39, 0.29) is 0 Å². The predicted octanol–water partition coefficient (Wildman–Crippen LogP) is 6.53. The molecule has 0 amide bonds. The fourth-order valence-corrected chi connectivity index (χ4v) is 4.41. The standard InChI is InChI=1S/C26H30Cl2N6.2CH4O3S/c27-19-9-11-23-21(15-19)25(33-17-31-23)29-13-7-5-3-1-2-4-6-8-14-30-26-22-16-20(28)10-12-24(22)32-18-34-26;2*1-5(2,3)4/h9-12,15-18H,1-8,13-14H2,(H,29,31,33)(H,30,32,34);2*1H3,(H,2,3,4). The van der Waals surface area contributed by atoms with Gasteiger partial charge < -0.3 is 10.6 Å². The van der Waals surface area contributed by atoms with Gasteiger partial charge in [-0.1, -0.05) is 61.7 Å².